The number of aryl methyl sites for hydroxylation is 1. The van der Waals surface area contributed by atoms with Crippen LogP contribution < -0.4 is 9.62 Å². The van der Waals surface area contributed by atoms with E-state index in [-0.39, 0.29) is 23.3 Å². The minimum absolute atomic E-state index is 0.0500. The molecule has 7 nitrogen and oxygen atoms in total. The van der Waals surface area contributed by atoms with Crippen molar-refractivity contribution in [2.24, 2.45) is 5.92 Å². The van der Waals surface area contributed by atoms with E-state index in [2.05, 4.69) is 5.32 Å². The minimum Gasteiger partial charge on any atom is -0.354 e. The quantitative estimate of drug-likeness (QED) is 0.295. The molecule has 0 aliphatic heterocycles. The maximum Gasteiger partial charge on any atom is 0.264 e. The Labute approximate surface area is 243 Å². The molecule has 0 unspecified atom stereocenters. The van der Waals surface area contributed by atoms with Crippen LogP contribution in [0.4, 0.5) is 5.69 Å². The monoisotopic (exact) mass is 583 g/mol. The first kappa shape index (κ1) is 31.2. The van der Waals surface area contributed by atoms with Crippen LogP contribution in [0.1, 0.15) is 43.9 Å². The van der Waals surface area contributed by atoms with Crippen molar-refractivity contribution in [1.29, 1.82) is 0 Å². The summed E-state index contributed by atoms with van der Waals surface area (Å²) in [5, 5.41) is 3.32. The summed E-state index contributed by atoms with van der Waals surface area (Å²) in [6.07, 6.45) is 0.364. The van der Waals surface area contributed by atoms with Crippen molar-refractivity contribution < 1.29 is 18.0 Å². The van der Waals surface area contributed by atoms with E-state index in [9.17, 15) is 18.0 Å². The van der Waals surface area contributed by atoms with Crippen molar-refractivity contribution in [3.05, 3.63) is 94.5 Å². The largest absolute Gasteiger partial charge is 0.354 e. The Morgan fingerprint density at radius 3 is 2.17 bits per heavy atom. The zero-order valence-corrected chi connectivity index (χ0v) is 25.3. The summed E-state index contributed by atoms with van der Waals surface area (Å²) in [6.45, 7) is 9.64. The molecule has 0 spiro atoms. The third kappa shape index (κ3) is 7.64. The number of rotatable bonds is 12. The molecule has 214 valence electrons. The Morgan fingerprint density at radius 1 is 0.925 bits per heavy atom. The fourth-order valence-corrected chi connectivity index (χ4v) is 5.99. The Balaban J connectivity index is 2.07. The summed E-state index contributed by atoms with van der Waals surface area (Å²) >= 11 is 6.38. The Bertz CT molecular complexity index is 1410. The summed E-state index contributed by atoms with van der Waals surface area (Å²) in [4.78, 5) is 28.9. The smallest absolute Gasteiger partial charge is 0.264 e. The summed E-state index contributed by atoms with van der Waals surface area (Å²) in [5.74, 6) is -0.529. The van der Waals surface area contributed by atoms with Gasteiger partial charge in [-0.25, -0.2) is 8.42 Å². The average molecular weight is 584 g/mol. The molecule has 0 heterocycles. The number of hydrogen-bond acceptors (Lipinski definition) is 4. The van der Waals surface area contributed by atoms with Crippen molar-refractivity contribution in [1.82, 2.24) is 10.2 Å². The number of nitrogens with one attached hydrogen (secondary N) is 1. The first-order valence-electron chi connectivity index (χ1n) is 13.4. The maximum atomic E-state index is 14.1. The molecule has 0 bridgehead atoms. The lowest BCUT2D eigenvalue weighted by molar-refractivity contribution is -0.140. The van der Waals surface area contributed by atoms with E-state index < -0.39 is 28.5 Å². The van der Waals surface area contributed by atoms with Gasteiger partial charge in [-0.15, -0.1) is 0 Å². The van der Waals surface area contributed by atoms with Gasteiger partial charge in [0.05, 0.1) is 10.6 Å². The molecule has 3 rings (SSSR count). The highest BCUT2D eigenvalue weighted by atomic mass is 35.5. The van der Waals surface area contributed by atoms with Gasteiger partial charge in [0.25, 0.3) is 10.0 Å². The zero-order chi connectivity index (χ0) is 29.4. The third-order valence-corrected chi connectivity index (χ3v) is 8.85. The van der Waals surface area contributed by atoms with Crippen LogP contribution in [0.15, 0.2) is 77.7 Å². The second kappa shape index (κ2) is 13.8. The maximum absolute atomic E-state index is 14.1. The molecule has 0 fully saturated rings. The molecule has 3 aromatic carbocycles. The van der Waals surface area contributed by atoms with Crippen LogP contribution in [0.25, 0.3) is 0 Å². The standard InChI is InChI=1S/C31H38ClN3O4S/c1-6-28(31(37)33-19-22(2)3)34(20-25-17-15-23(4)16-18-25)30(36)21-35(29-14-10-13-27(32)24(29)5)40(38,39)26-11-8-7-9-12-26/h7-18,22,28H,6,19-21H2,1-5H3,(H,33,37)/t28-/m0/s1. The van der Waals surface area contributed by atoms with Crippen LogP contribution in [-0.2, 0) is 26.2 Å². The molecule has 3 aromatic rings. The van der Waals surface area contributed by atoms with E-state index in [1.54, 1.807) is 43.3 Å². The number of carbonyl (C=O) groups is 2. The first-order valence-corrected chi connectivity index (χ1v) is 15.2. The van der Waals surface area contributed by atoms with Crippen molar-refractivity contribution in [2.45, 2.75) is 58.5 Å². The van der Waals surface area contributed by atoms with Crippen LogP contribution in [0.3, 0.4) is 0 Å². The van der Waals surface area contributed by atoms with Crippen LogP contribution in [0.5, 0.6) is 0 Å². The number of hydrogen-bond donors (Lipinski definition) is 1. The van der Waals surface area contributed by atoms with E-state index in [1.807, 2.05) is 52.0 Å². The highest BCUT2D eigenvalue weighted by Gasteiger charge is 2.34. The molecule has 2 amide bonds. The van der Waals surface area contributed by atoms with Gasteiger partial charge in [-0.2, -0.15) is 0 Å². The van der Waals surface area contributed by atoms with E-state index >= 15 is 0 Å². The number of carbonyl (C=O) groups excluding carboxylic acids is 2. The SMILES string of the molecule is CC[C@@H](C(=O)NCC(C)C)N(Cc1ccc(C)cc1)C(=O)CN(c1cccc(Cl)c1C)S(=O)(=O)c1ccccc1. The van der Waals surface area contributed by atoms with E-state index in [4.69, 9.17) is 11.6 Å². The molecular formula is C31H38ClN3O4S. The number of nitrogens with zero attached hydrogens (tertiary/aromatic N) is 2. The summed E-state index contributed by atoms with van der Waals surface area (Å²) in [5.41, 5.74) is 2.74. The summed E-state index contributed by atoms with van der Waals surface area (Å²) < 4.78 is 29.0. The molecular weight excluding hydrogens is 546 g/mol. The van der Waals surface area contributed by atoms with Crippen LogP contribution >= 0.6 is 11.6 Å². The average Bonchev–Trinajstić information content (AvgIpc) is 2.93. The molecule has 0 saturated heterocycles. The molecule has 1 N–H and O–H groups in total. The van der Waals surface area contributed by atoms with Crippen molar-refractivity contribution in [3.8, 4) is 0 Å². The Kier molecular flexibility index (Phi) is 10.8. The lowest BCUT2D eigenvalue weighted by Gasteiger charge is -2.33. The topological polar surface area (TPSA) is 86.8 Å². The van der Waals surface area contributed by atoms with Gasteiger partial charge in [-0.3, -0.25) is 13.9 Å². The summed E-state index contributed by atoms with van der Waals surface area (Å²) in [7, 11) is -4.15. The fraction of sp³-hybridized carbons (Fsp3) is 0.355. The third-order valence-electron chi connectivity index (χ3n) is 6.66. The van der Waals surface area contributed by atoms with Gasteiger partial charge in [0, 0.05) is 18.1 Å². The van der Waals surface area contributed by atoms with Crippen LogP contribution in [0, 0.1) is 19.8 Å². The van der Waals surface area contributed by atoms with Gasteiger partial charge in [-0.1, -0.05) is 86.5 Å². The van der Waals surface area contributed by atoms with Gasteiger partial charge < -0.3 is 10.2 Å². The van der Waals surface area contributed by atoms with Gasteiger partial charge in [0.1, 0.15) is 12.6 Å². The fourth-order valence-electron chi connectivity index (χ4n) is 4.33. The highest BCUT2D eigenvalue weighted by Crippen LogP contribution is 2.31. The molecule has 0 radical (unpaired) electrons. The molecule has 9 heteroatoms. The van der Waals surface area contributed by atoms with Gasteiger partial charge >= 0.3 is 0 Å². The second-order valence-corrected chi connectivity index (χ2v) is 12.5. The van der Waals surface area contributed by atoms with E-state index in [0.29, 0.717) is 29.2 Å². The van der Waals surface area contributed by atoms with Gasteiger partial charge in [0.15, 0.2) is 0 Å². The lowest BCUT2D eigenvalue weighted by atomic mass is 10.1. The predicted octanol–water partition coefficient (Wildman–Crippen LogP) is 5.73. The molecule has 40 heavy (non-hydrogen) atoms. The van der Waals surface area contributed by atoms with Crippen molar-refractivity contribution in [2.75, 3.05) is 17.4 Å². The predicted molar refractivity (Wildman–Crippen MR) is 161 cm³/mol. The minimum atomic E-state index is -4.15. The number of amides is 2. The van der Waals surface area contributed by atoms with Crippen LogP contribution in [-0.4, -0.2) is 44.3 Å². The Hall–Kier alpha value is -3.36. The zero-order valence-electron chi connectivity index (χ0n) is 23.7. The lowest BCUT2D eigenvalue weighted by Crippen LogP contribution is -2.52. The van der Waals surface area contributed by atoms with Crippen molar-refractivity contribution >= 4 is 39.1 Å². The van der Waals surface area contributed by atoms with E-state index in [1.165, 1.54) is 17.0 Å². The molecule has 0 saturated carbocycles. The molecule has 0 aromatic heterocycles. The number of benzene rings is 3. The number of anilines is 1. The summed E-state index contributed by atoms with van der Waals surface area (Å²) in [6, 6.07) is 19.9. The highest BCUT2D eigenvalue weighted by molar-refractivity contribution is 7.92. The first-order chi connectivity index (χ1) is 18.9. The van der Waals surface area contributed by atoms with Crippen molar-refractivity contribution in [3.63, 3.8) is 0 Å². The number of sulfonamides is 1. The van der Waals surface area contributed by atoms with Crippen LogP contribution in [0.2, 0.25) is 5.02 Å². The molecule has 0 aliphatic rings. The Morgan fingerprint density at radius 2 is 1.57 bits per heavy atom. The number of halogens is 1. The molecule has 1 atom stereocenters. The molecule has 0 aliphatic carbocycles. The normalized spacial score (nSPS) is 12.2. The van der Waals surface area contributed by atoms with Gasteiger partial charge in [-0.05, 0) is 61.6 Å². The van der Waals surface area contributed by atoms with E-state index in [0.717, 1.165) is 15.4 Å². The second-order valence-electron chi connectivity index (χ2n) is 10.3. The van der Waals surface area contributed by atoms with Gasteiger partial charge in [0.2, 0.25) is 11.8 Å².